The van der Waals surface area contributed by atoms with Crippen LogP contribution in [-0.2, 0) is 4.74 Å². The van der Waals surface area contributed by atoms with Crippen LogP contribution < -0.4 is 0 Å². The number of hydrogen-bond acceptors (Lipinski definition) is 1. The van der Waals surface area contributed by atoms with Crippen molar-refractivity contribution in [1.29, 1.82) is 0 Å². The first-order valence-corrected chi connectivity index (χ1v) is 4.18. The highest BCUT2D eigenvalue weighted by molar-refractivity contribution is 4.92. The summed E-state index contributed by atoms with van der Waals surface area (Å²) >= 11 is 0. The van der Waals surface area contributed by atoms with Crippen LogP contribution in [-0.4, -0.2) is 24.6 Å². The van der Waals surface area contributed by atoms with Crippen molar-refractivity contribution in [3.63, 3.8) is 0 Å². The first-order chi connectivity index (χ1) is 6.98. The van der Waals surface area contributed by atoms with E-state index in [9.17, 15) is 30.7 Å². The average Bonchev–Trinajstić information content (AvgIpc) is 2.14. The number of rotatable bonds is 6. The van der Waals surface area contributed by atoms with Gasteiger partial charge in [-0.05, 0) is 5.92 Å². The topological polar surface area (TPSA) is 9.23 Å². The third-order valence-electron chi connectivity index (χ3n) is 1.48. The van der Waals surface area contributed by atoms with Crippen LogP contribution in [0.5, 0.6) is 0 Å². The number of alkyl halides is 7. The normalized spacial score (nSPS) is 14.6. The highest BCUT2D eigenvalue weighted by Gasteiger charge is 2.73. The SMILES string of the molecule is CC(C)[CH]OC(F)(F)C(F)(F)C(F)(F)CF. The second kappa shape index (κ2) is 4.77. The van der Waals surface area contributed by atoms with Crippen molar-refractivity contribution in [2.75, 3.05) is 6.67 Å². The Morgan fingerprint density at radius 2 is 1.50 bits per heavy atom. The Balaban J connectivity index is 4.83. The molecule has 0 heterocycles. The van der Waals surface area contributed by atoms with Crippen LogP contribution in [0.15, 0.2) is 0 Å². The van der Waals surface area contributed by atoms with Crippen molar-refractivity contribution in [3.8, 4) is 0 Å². The molecule has 0 aliphatic carbocycles. The molecule has 0 atom stereocenters. The molecule has 0 spiro atoms. The molecule has 0 saturated carbocycles. The molecule has 0 aromatic rings. The van der Waals surface area contributed by atoms with E-state index in [1.807, 2.05) is 0 Å². The van der Waals surface area contributed by atoms with Gasteiger partial charge >= 0.3 is 18.0 Å². The Morgan fingerprint density at radius 3 is 1.81 bits per heavy atom. The third kappa shape index (κ3) is 2.99. The highest BCUT2D eigenvalue weighted by Crippen LogP contribution is 2.46. The minimum absolute atomic E-state index is 0.280. The summed E-state index contributed by atoms with van der Waals surface area (Å²) in [7, 11) is 0. The molecule has 97 valence electrons. The van der Waals surface area contributed by atoms with Crippen LogP contribution in [0, 0.1) is 12.5 Å². The van der Waals surface area contributed by atoms with Crippen LogP contribution in [0.4, 0.5) is 30.7 Å². The average molecular weight is 255 g/mol. The molecule has 0 aromatic carbocycles. The Labute approximate surface area is 87.6 Å². The molecule has 8 heteroatoms. The van der Waals surface area contributed by atoms with Crippen LogP contribution in [0.3, 0.4) is 0 Å². The predicted octanol–water partition coefficient (Wildman–Crippen LogP) is 3.65. The molecule has 1 nitrogen and oxygen atoms in total. The van der Waals surface area contributed by atoms with Crippen molar-refractivity contribution < 1.29 is 35.5 Å². The summed E-state index contributed by atoms with van der Waals surface area (Å²) in [4.78, 5) is 0. The van der Waals surface area contributed by atoms with E-state index in [0.717, 1.165) is 0 Å². The molecular weight excluding hydrogens is 245 g/mol. The number of hydrogen-bond donors (Lipinski definition) is 0. The van der Waals surface area contributed by atoms with Gasteiger partial charge in [0.2, 0.25) is 0 Å². The lowest BCUT2D eigenvalue weighted by Gasteiger charge is -2.30. The van der Waals surface area contributed by atoms with Gasteiger partial charge < -0.3 is 4.74 Å². The Kier molecular flexibility index (Phi) is 4.61. The maximum absolute atomic E-state index is 12.6. The maximum atomic E-state index is 12.6. The van der Waals surface area contributed by atoms with Crippen molar-refractivity contribution >= 4 is 0 Å². The second-order valence-corrected chi connectivity index (χ2v) is 3.43. The maximum Gasteiger partial charge on any atom is 0.426 e. The molecule has 0 N–H and O–H groups in total. The van der Waals surface area contributed by atoms with Gasteiger partial charge in [-0.25, -0.2) is 4.39 Å². The number of halogens is 7. The van der Waals surface area contributed by atoms with E-state index >= 15 is 0 Å². The van der Waals surface area contributed by atoms with E-state index < -0.39 is 30.5 Å². The molecular formula is C8H10F7O. The van der Waals surface area contributed by atoms with Gasteiger partial charge in [-0.2, -0.15) is 26.3 Å². The van der Waals surface area contributed by atoms with Gasteiger partial charge in [0, 0.05) is 0 Å². The summed E-state index contributed by atoms with van der Waals surface area (Å²) in [6.07, 6.45) is -5.47. The summed E-state index contributed by atoms with van der Waals surface area (Å²) in [6.45, 7) is -0.00805. The zero-order valence-corrected chi connectivity index (χ0v) is 8.42. The van der Waals surface area contributed by atoms with E-state index in [1.54, 1.807) is 0 Å². The molecule has 16 heavy (non-hydrogen) atoms. The van der Waals surface area contributed by atoms with Crippen LogP contribution in [0.25, 0.3) is 0 Å². The first-order valence-electron chi connectivity index (χ1n) is 4.18. The quantitative estimate of drug-likeness (QED) is 0.658. The van der Waals surface area contributed by atoms with Crippen LogP contribution in [0.1, 0.15) is 13.8 Å². The van der Waals surface area contributed by atoms with Crippen molar-refractivity contribution in [1.82, 2.24) is 0 Å². The molecule has 1 radical (unpaired) electrons. The largest absolute Gasteiger partial charge is 0.426 e. The lowest BCUT2D eigenvalue weighted by molar-refractivity contribution is -0.392. The second-order valence-electron chi connectivity index (χ2n) is 3.43. The van der Waals surface area contributed by atoms with Gasteiger partial charge in [-0.3, -0.25) is 0 Å². The van der Waals surface area contributed by atoms with E-state index in [2.05, 4.69) is 4.74 Å². The Bertz CT molecular complexity index is 226. The standard InChI is InChI=1S/C8H10F7O/c1-5(2)3-16-8(14,15)7(12,13)6(10,11)4-9/h3,5H,4H2,1-2H3. The van der Waals surface area contributed by atoms with Crippen LogP contribution in [0.2, 0.25) is 0 Å². The van der Waals surface area contributed by atoms with Gasteiger partial charge in [0.25, 0.3) is 0 Å². The fourth-order valence-corrected chi connectivity index (χ4v) is 0.592. The summed E-state index contributed by atoms with van der Waals surface area (Å²) < 4.78 is 89.6. The fourth-order valence-electron chi connectivity index (χ4n) is 0.592. The molecule has 0 unspecified atom stereocenters. The monoisotopic (exact) mass is 255 g/mol. The summed E-state index contributed by atoms with van der Waals surface area (Å²) in [5.41, 5.74) is 0. The van der Waals surface area contributed by atoms with Crippen molar-refractivity contribution in [3.05, 3.63) is 6.61 Å². The third-order valence-corrected chi connectivity index (χ3v) is 1.48. The molecule has 0 fully saturated rings. The number of ether oxygens (including phenoxy) is 1. The zero-order chi connectivity index (χ0) is 13.2. The summed E-state index contributed by atoms with van der Waals surface area (Å²) in [5.74, 6) is -12.1. The smallest absolute Gasteiger partial charge is 0.309 e. The lowest BCUT2D eigenvalue weighted by Crippen LogP contribution is -2.56. The van der Waals surface area contributed by atoms with Crippen molar-refractivity contribution in [2.45, 2.75) is 31.8 Å². The Morgan fingerprint density at radius 1 is 1.06 bits per heavy atom. The first kappa shape index (κ1) is 15.5. The molecule has 0 saturated heterocycles. The molecule has 0 aliphatic rings. The van der Waals surface area contributed by atoms with E-state index in [1.165, 1.54) is 13.8 Å². The molecule has 0 bridgehead atoms. The molecule has 0 rings (SSSR count). The van der Waals surface area contributed by atoms with Gasteiger partial charge in [0.1, 0.15) is 0 Å². The van der Waals surface area contributed by atoms with E-state index in [4.69, 9.17) is 0 Å². The minimum atomic E-state index is -5.92. The van der Waals surface area contributed by atoms with E-state index in [-0.39, 0.29) is 6.61 Å². The van der Waals surface area contributed by atoms with Gasteiger partial charge in [-0.15, -0.1) is 0 Å². The van der Waals surface area contributed by atoms with Gasteiger partial charge in [-0.1, -0.05) is 13.8 Å². The lowest BCUT2D eigenvalue weighted by atomic mass is 10.1. The van der Waals surface area contributed by atoms with Crippen LogP contribution >= 0.6 is 0 Å². The molecule has 0 aliphatic heterocycles. The highest BCUT2D eigenvalue weighted by atomic mass is 19.4. The fraction of sp³-hybridized carbons (Fsp3) is 0.875. The zero-order valence-electron chi connectivity index (χ0n) is 8.42. The molecule has 0 amide bonds. The van der Waals surface area contributed by atoms with Crippen molar-refractivity contribution in [2.24, 2.45) is 5.92 Å². The van der Waals surface area contributed by atoms with Gasteiger partial charge in [0.15, 0.2) is 6.67 Å². The summed E-state index contributed by atoms with van der Waals surface area (Å²) in [5, 5.41) is 0. The minimum Gasteiger partial charge on any atom is -0.309 e. The van der Waals surface area contributed by atoms with E-state index in [0.29, 0.717) is 0 Å². The van der Waals surface area contributed by atoms with Gasteiger partial charge in [0.05, 0.1) is 6.61 Å². The Hall–Kier alpha value is -0.530. The predicted molar refractivity (Wildman–Crippen MR) is 41.0 cm³/mol. The summed E-state index contributed by atoms with van der Waals surface area (Å²) in [6, 6.07) is 0. The molecule has 0 aromatic heterocycles.